The zero-order valence-corrected chi connectivity index (χ0v) is 14.1. The Labute approximate surface area is 145 Å². The number of aromatic nitrogens is 1. The molecule has 126 valence electrons. The predicted molar refractivity (Wildman–Crippen MR) is 99.2 cm³/mol. The van der Waals surface area contributed by atoms with Gasteiger partial charge >= 0.3 is 0 Å². The number of aromatic hydroxyl groups is 1. The van der Waals surface area contributed by atoms with Crippen molar-refractivity contribution < 1.29 is 9.90 Å². The van der Waals surface area contributed by atoms with Crippen LogP contribution in [0.1, 0.15) is 21.5 Å². The summed E-state index contributed by atoms with van der Waals surface area (Å²) in [6.07, 6.45) is 1.71. The number of anilines is 1. The summed E-state index contributed by atoms with van der Waals surface area (Å²) in [5, 5.41) is 9.95. The highest BCUT2D eigenvalue weighted by atomic mass is 16.3. The highest BCUT2D eigenvalue weighted by molar-refractivity contribution is 5.93. The second kappa shape index (κ2) is 6.28. The Morgan fingerprint density at radius 2 is 1.56 bits per heavy atom. The van der Waals surface area contributed by atoms with Gasteiger partial charge in [0.25, 0.3) is 0 Å². The van der Waals surface area contributed by atoms with Crippen LogP contribution in [-0.2, 0) is 0 Å². The normalized spacial score (nSPS) is 10.6. The van der Waals surface area contributed by atoms with Crippen LogP contribution in [0.5, 0.6) is 5.75 Å². The minimum absolute atomic E-state index is 0.300. The van der Waals surface area contributed by atoms with Crippen molar-refractivity contribution in [3.63, 3.8) is 0 Å². The van der Waals surface area contributed by atoms with Crippen molar-refractivity contribution in [3.8, 4) is 28.0 Å². The molecule has 3 aromatic rings. The van der Waals surface area contributed by atoms with Crippen molar-refractivity contribution in [1.82, 2.24) is 4.98 Å². The fourth-order valence-corrected chi connectivity index (χ4v) is 2.80. The minimum atomic E-state index is -0.471. The number of amides is 1. The van der Waals surface area contributed by atoms with Gasteiger partial charge in [0.1, 0.15) is 11.6 Å². The van der Waals surface area contributed by atoms with E-state index in [9.17, 15) is 9.90 Å². The number of pyridine rings is 1. The molecule has 0 saturated heterocycles. The van der Waals surface area contributed by atoms with Gasteiger partial charge in [-0.2, -0.15) is 0 Å². The lowest BCUT2D eigenvalue weighted by atomic mass is 9.97. The van der Waals surface area contributed by atoms with Crippen molar-refractivity contribution in [2.75, 3.05) is 5.73 Å². The molecule has 5 heteroatoms. The molecule has 0 radical (unpaired) electrons. The van der Waals surface area contributed by atoms with Crippen molar-refractivity contribution in [3.05, 3.63) is 65.4 Å². The van der Waals surface area contributed by atoms with Gasteiger partial charge in [0.2, 0.25) is 5.91 Å². The largest absolute Gasteiger partial charge is 0.507 e. The summed E-state index contributed by atoms with van der Waals surface area (Å²) >= 11 is 0. The van der Waals surface area contributed by atoms with Crippen molar-refractivity contribution in [2.45, 2.75) is 13.8 Å². The van der Waals surface area contributed by atoms with Gasteiger partial charge in [0.15, 0.2) is 0 Å². The van der Waals surface area contributed by atoms with Gasteiger partial charge < -0.3 is 16.6 Å². The van der Waals surface area contributed by atoms with Crippen LogP contribution < -0.4 is 11.5 Å². The quantitative estimate of drug-likeness (QED) is 0.683. The molecule has 25 heavy (non-hydrogen) atoms. The molecule has 0 aliphatic rings. The van der Waals surface area contributed by atoms with Gasteiger partial charge in [0.05, 0.1) is 0 Å². The SMILES string of the molecule is Cc1cc(-c2cnc(N)c(-c3ccc(C(N)=O)cc3)c2)cc(C)c1O. The Kier molecular flexibility index (Phi) is 4.15. The minimum Gasteiger partial charge on any atom is -0.507 e. The molecule has 0 aliphatic carbocycles. The number of nitrogens with zero attached hydrogens (tertiary/aromatic N) is 1. The fourth-order valence-electron chi connectivity index (χ4n) is 2.80. The average molecular weight is 333 g/mol. The summed E-state index contributed by atoms with van der Waals surface area (Å²) in [5.74, 6) is 0.235. The molecule has 5 N–H and O–H groups in total. The molecule has 0 unspecified atom stereocenters. The Balaban J connectivity index is 2.08. The Hall–Kier alpha value is -3.34. The van der Waals surface area contributed by atoms with E-state index in [1.807, 2.05) is 32.0 Å². The monoisotopic (exact) mass is 333 g/mol. The standard InChI is InChI=1S/C20H19N3O2/c1-11-7-15(8-12(2)18(11)24)16-9-17(19(21)23-10-16)13-3-5-14(6-4-13)20(22)25/h3-10,24H,1-2H3,(H2,21,23)(H2,22,25). The first-order valence-corrected chi connectivity index (χ1v) is 7.83. The maximum Gasteiger partial charge on any atom is 0.248 e. The smallest absolute Gasteiger partial charge is 0.248 e. The number of rotatable bonds is 3. The number of phenols is 1. The van der Waals surface area contributed by atoms with Crippen LogP contribution in [0.15, 0.2) is 48.7 Å². The first-order chi connectivity index (χ1) is 11.9. The number of hydrogen-bond acceptors (Lipinski definition) is 4. The van der Waals surface area contributed by atoms with Crippen molar-refractivity contribution >= 4 is 11.7 Å². The number of nitrogens with two attached hydrogens (primary N) is 2. The number of carbonyl (C=O) groups is 1. The number of carbonyl (C=O) groups excluding carboxylic acids is 1. The molecule has 0 bridgehead atoms. The van der Waals surface area contributed by atoms with Crippen LogP contribution in [0.25, 0.3) is 22.3 Å². The second-order valence-corrected chi connectivity index (χ2v) is 6.06. The topological polar surface area (TPSA) is 102 Å². The van der Waals surface area contributed by atoms with Gasteiger partial charge in [-0.05, 0) is 66.4 Å². The molecule has 1 aromatic heterocycles. The van der Waals surface area contributed by atoms with Gasteiger partial charge in [-0.3, -0.25) is 4.79 Å². The molecule has 0 saturated carbocycles. The molecular weight excluding hydrogens is 314 g/mol. The zero-order chi connectivity index (χ0) is 18.1. The molecule has 3 rings (SSSR count). The number of benzene rings is 2. The van der Waals surface area contributed by atoms with E-state index in [4.69, 9.17) is 11.5 Å². The fraction of sp³-hybridized carbons (Fsp3) is 0.100. The van der Waals surface area contributed by atoms with Crippen LogP contribution in [-0.4, -0.2) is 16.0 Å². The lowest BCUT2D eigenvalue weighted by molar-refractivity contribution is 0.100. The van der Waals surface area contributed by atoms with Crippen LogP contribution in [0.3, 0.4) is 0 Å². The van der Waals surface area contributed by atoms with Gasteiger partial charge in [-0.25, -0.2) is 4.98 Å². The third-order valence-corrected chi connectivity index (χ3v) is 4.22. The number of hydrogen-bond donors (Lipinski definition) is 3. The molecular formula is C20H19N3O2. The van der Waals surface area contributed by atoms with E-state index in [0.717, 1.165) is 33.4 Å². The van der Waals surface area contributed by atoms with Crippen LogP contribution in [0, 0.1) is 13.8 Å². The summed E-state index contributed by atoms with van der Waals surface area (Å²) in [7, 11) is 0. The maximum absolute atomic E-state index is 11.2. The summed E-state index contributed by atoms with van der Waals surface area (Å²) in [5.41, 5.74) is 16.8. The number of phenolic OH excluding ortho intramolecular Hbond substituents is 1. The first kappa shape index (κ1) is 16.5. The number of aryl methyl sites for hydroxylation is 2. The van der Waals surface area contributed by atoms with E-state index in [1.54, 1.807) is 30.5 Å². The lowest BCUT2D eigenvalue weighted by Crippen LogP contribution is -2.10. The average Bonchev–Trinajstić information content (AvgIpc) is 2.59. The summed E-state index contributed by atoms with van der Waals surface area (Å²) in [4.78, 5) is 15.5. The zero-order valence-electron chi connectivity index (χ0n) is 14.1. The Bertz CT molecular complexity index is 940. The molecule has 1 heterocycles. The third kappa shape index (κ3) is 3.17. The molecule has 0 aliphatic heterocycles. The first-order valence-electron chi connectivity index (χ1n) is 7.83. The Morgan fingerprint density at radius 3 is 2.12 bits per heavy atom. The molecule has 0 fully saturated rings. The summed E-state index contributed by atoms with van der Waals surface area (Å²) < 4.78 is 0. The summed E-state index contributed by atoms with van der Waals surface area (Å²) in [6.45, 7) is 3.72. The van der Waals surface area contributed by atoms with Crippen molar-refractivity contribution in [2.24, 2.45) is 5.73 Å². The van der Waals surface area contributed by atoms with E-state index in [0.29, 0.717) is 17.1 Å². The lowest BCUT2D eigenvalue weighted by Gasteiger charge is -2.11. The number of nitrogen functional groups attached to an aromatic ring is 1. The molecule has 1 amide bonds. The predicted octanol–water partition coefficient (Wildman–Crippen LogP) is 3.42. The van der Waals surface area contributed by atoms with Crippen LogP contribution in [0.4, 0.5) is 5.82 Å². The molecule has 5 nitrogen and oxygen atoms in total. The molecule has 0 spiro atoms. The van der Waals surface area contributed by atoms with Crippen molar-refractivity contribution in [1.29, 1.82) is 0 Å². The van der Waals surface area contributed by atoms with Gasteiger partial charge in [-0.15, -0.1) is 0 Å². The second-order valence-electron chi connectivity index (χ2n) is 6.06. The molecule has 0 atom stereocenters. The van der Waals surface area contributed by atoms with E-state index in [2.05, 4.69) is 4.98 Å². The van der Waals surface area contributed by atoms with E-state index in [1.165, 1.54) is 0 Å². The maximum atomic E-state index is 11.2. The summed E-state index contributed by atoms with van der Waals surface area (Å²) in [6, 6.07) is 12.7. The van der Waals surface area contributed by atoms with Crippen LogP contribution in [0.2, 0.25) is 0 Å². The van der Waals surface area contributed by atoms with E-state index in [-0.39, 0.29) is 0 Å². The van der Waals surface area contributed by atoms with E-state index >= 15 is 0 Å². The highest BCUT2D eigenvalue weighted by Gasteiger charge is 2.10. The molecule has 2 aromatic carbocycles. The van der Waals surface area contributed by atoms with Crippen LogP contribution >= 0.6 is 0 Å². The highest BCUT2D eigenvalue weighted by Crippen LogP contribution is 2.33. The van der Waals surface area contributed by atoms with E-state index < -0.39 is 5.91 Å². The Morgan fingerprint density at radius 1 is 0.960 bits per heavy atom. The van der Waals surface area contributed by atoms with Gasteiger partial charge in [-0.1, -0.05) is 12.1 Å². The van der Waals surface area contributed by atoms with Gasteiger partial charge in [0, 0.05) is 22.9 Å². The number of primary amides is 1. The third-order valence-electron chi connectivity index (χ3n) is 4.22.